The van der Waals surface area contributed by atoms with Crippen molar-refractivity contribution in [2.24, 2.45) is 10.2 Å². The van der Waals surface area contributed by atoms with Gasteiger partial charge >= 0.3 is 0 Å². The molecule has 0 aliphatic heterocycles. The normalized spacial score (nSPS) is 13.0. The van der Waals surface area contributed by atoms with Gasteiger partial charge in [-0.3, -0.25) is 9.11 Å². The average molecular weight is 709 g/mol. The third-order valence-corrected chi connectivity index (χ3v) is 10.8. The van der Waals surface area contributed by atoms with E-state index in [2.05, 4.69) is 21.3 Å². The lowest BCUT2D eigenvalue weighted by atomic mass is 9.87. The van der Waals surface area contributed by atoms with E-state index in [1.54, 1.807) is 60.7 Å². The Morgan fingerprint density at radius 2 is 0.980 bits per heavy atom. The number of hydrogen-bond acceptors (Lipinski definition) is 10. The molecule has 14 heteroatoms. The molecule has 50 heavy (non-hydrogen) atoms. The first-order valence-electron chi connectivity index (χ1n) is 16.3. The van der Waals surface area contributed by atoms with Gasteiger partial charge in [-0.05, 0) is 57.0 Å². The number of nitrogens with zero attached hydrogens (tertiary/aromatic N) is 2. The largest absolute Gasteiger partial charge is 0.396 e. The van der Waals surface area contributed by atoms with Crippen LogP contribution in [-0.2, 0) is 33.1 Å². The van der Waals surface area contributed by atoms with Crippen LogP contribution in [0, 0.1) is 11.0 Å². The summed E-state index contributed by atoms with van der Waals surface area (Å²) < 4.78 is 87.1. The van der Waals surface area contributed by atoms with Gasteiger partial charge < -0.3 is 11.5 Å². The van der Waals surface area contributed by atoms with E-state index in [4.69, 9.17) is 14.3 Å². The smallest absolute Gasteiger partial charge is 0.297 e. The van der Waals surface area contributed by atoms with Gasteiger partial charge in [-0.25, -0.2) is 11.0 Å². The number of hydrogen-bond donors (Lipinski definition) is 6. The molecule has 8 N–H and O–H groups in total. The van der Waals surface area contributed by atoms with E-state index in [9.17, 15) is 25.9 Å². The Morgan fingerprint density at radius 1 is 0.620 bits per heavy atom. The summed E-state index contributed by atoms with van der Waals surface area (Å²) in [6.45, 7) is 3.88. The van der Waals surface area contributed by atoms with Crippen LogP contribution in [0.3, 0.4) is 0 Å². The second-order valence-electron chi connectivity index (χ2n) is 11.6. The molecule has 0 aliphatic carbocycles. The average Bonchev–Trinajstić information content (AvgIpc) is 3.12. The third-order valence-electron chi connectivity index (χ3n) is 8.92. The highest BCUT2D eigenvalue weighted by Gasteiger charge is 2.29. The van der Waals surface area contributed by atoms with Gasteiger partial charge in [0.1, 0.15) is 21.2 Å². The molecule has 0 bridgehead atoms. The zero-order valence-electron chi connectivity index (χ0n) is 28.8. The summed E-state index contributed by atoms with van der Waals surface area (Å²) >= 11 is 0. The zero-order chi connectivity index (χ0) is 37.5. The number of nitrogen functional groups attached to an aromatic ring is 2. The van der Waals surface area contributed by atoms with Crippen molar-refractivity contribution in [3.05, 3.63) is 96.1 Å². The lowest BCUT2D eigenvalue weighted by Crippen LogP contribution is -2.06. The second kappa shape index (κ2) is 12.7. The van der Waals surface area contributed by atoms with Gasteiger partial charge in [-0.1, -0.05) is 98.8 Å². The van der Waals surface area contributed by atoms with Crippen LogP contribution in [0.25, 0.3) is 54.9 Å². The van der Waals surface area contributed by atoms with Crippen molar-refractivity contribution in [2.45, 2.75) is 36.5 Å². The SMILES string of the molecule is [H]/N=N/c1c(S(=O)(=O)O)c(-c2ccc(-c3ccc(-c4c(S(=O)(=O)O)c(/N=N/[H])c(N)c5ccccc45)cc3CC)c(CC)c2)c2ccccc2c1N. The Balaban J connectivity index is 1.61. The first-order valence-corrected chi connectivity index (χ1v) is 18.2. The minimum atomic E-state index is -4.92. The molecule has 0 aromatic heterocycles. The van der Waals surface area contributed by atoms with Gasteiger partial charge in [0, 0.05) is 21.9 Å². The Kier molecular flexibility index (Phi) is 8.07. The standard InChI is InChI=1S/C36H32N6O6S2/c1-3-19-17-21(29-25-9-5-7-11-27(25)31(37)33(41-39)35(29)49(43,44)45)13-15-23(19)24-16-14-22(18-20(24)4-2)30-26-10-6-8-12-28(26)32(38)34(42-40)36(30)50(46,47)48/h5-18,39-40H,3-4,37-38H2,1-2H3,(H,43,44,45)(H,46,47,48)/b41-39+,42-40+. The fraction of sp³-hybridized carbons (Fsp3) is 0.111. The zero-order valence-corrected chi connectivity index (χ0v) is 28.4. The lowest BCUT2D eigenvalue weighted by Gasteiger charge is -2.20. The van der Waals surface area contributed by atoms with Crippen molar-refractivity contribution < 1.29 is 28.8 Å². The predicted octanol–water partition coefficient (Wildman–Crippen LogP) is 9.10. The van der Waals surface area contributed by atoms with Gasteiger partial charge in [-0.2, -0.15) is 27.1 Å². The van der Waals surface area contributed by atoms with E-state index in [0.29, 0.717) is 45.5 Å². The number of benzene rings is 6. The topological polar surface area (TPSA) is 233 Å². The van der Waals surface area contributed by atoms with Crippen LogP contribution in [0.5, 0.6) is 0 Å². The van der Waals surface area contributed by atoms with Gasteiger partial charge in [0.2, 0.25) is 2.82 Å². The molecule has 0 saturated carbocycles. The summed E-state index contributed by atoms with van der Waals surface area (Å²) in [5.74, 6) is 0. The number of nitrogens with two attached hydrogens (primary N) is 2. The van der Waals surface area contributed by atoms with Crippen LogP contribution in [0.15, 0.2) is 105 Å². The Labute approximate surface area is 291 Å². The van der Waals surface area contributed by atoms with E-state index < -0.39 is 30.0 Å². The highest BCUT2D eigenvalue weighted by molar-refractivity contribution is 7.86. The second-order valence-corrected chi connectivity index (χ2v) is 14.3. The fourth-order valence-corrected chi connectivity index (χ4v) is 8.50. The van der Waals surface area contributed by atoms with Crippen LogP contribution in [0.1, 0.15) is 25.0 Å². The Morgan fingerprint density at radius 3 is 1.30 bits per heavy atom. The molecule has 254 valence electrons. The molecular formula is C36H32N6O6S2. The molecule has 6 aromatic carbocycles. The Bertz CT molecular complexity index is 2530. The fourth-order valence-electron chi connectivity index (χ4n) is 6.74. The van der Waals surface area contributed by atoms with E-state index in [1.165, 1.54) is 0 Å². The summed E-state index contributed by atoms with van der Waals surface area (Å²) in [5.41, 5.74) is 22.3. The molecule has 0 atom stereocenters. The van der Waals surface area contributed by atoms with Crippen molar-refractivity contribution in [3.8, 4) is 33.4 Å². The third kappa shape index (κ3) is 5.57. The van der Waals surface area contributed by atoms with Crippen LogP contribution >= 0.6 is 0 Å². The molecule has 0 radical (unpaired) electrons. The molecule has 0 unspecified atom stereocenters. The van der Waals surface area contributed by atoms with E-state index in [-0.39, 0.29) is 33.9 Å². The van der Waals surface area contributed by atoms with Gasteiger partial charge in [0.05, 0.1) is 11.4 Å². The monoisotopic (exact) mass is 708 g/mol. The van der Waals surface area contributed by atoms with Crippen molar-refractivity contribution in [2.75, 3.05) is 11.5 Å². The van der Waals surface area contributed by atoms with Crippen molar-refractivity contribution in [1.29, 1.82) is 11.0 Å². The minimum absolute atomic E-state index is 0.0519. The van der Waals surface area contributed by atoms with Crippen molar-refractivity contribution in [3.63, 3.8) is 0 Å². The molecule has 6 aromatic rings. The van der Waals surface area contributed by atoms with Crippen molar-refractivity contribution >= 4 is 64.5 Å². The highest BCUT2D eigenvalue weighted by Crippen LogP contribution is 2.48. The van der Waals surface area contributed by atoms with Crippen LogP contribution in [-0.4, -0.2) is 25.9 Å². The number of rotatable bonds is 9. The quantitative estimate of drug-likeness (QED) is 0.0480. The number of anilines is 2. The molecule has 0 saturated heterocycles. The summed E-state index contributed by atoms with van der Waals surface area (Å²) in [4.78, 5) is -1.13. The number of nitrogens with one attached hydrogen (secondary N) is 2. The van der Waals surface area contributed by atoms with E-state index in [1.807, 2.05) is 38.1 Å². The van der Waals surface area contributed by atoms with E-state index in [0.717, 1.165) is 22.3 Å². The Hall–Kier alpha value is -5.54. The highest BCUT2D eigenvalue weighted by atomic mass is 32.2. The number of fused-ring (bicyclic) bond motifs is 2. The molecule has 12 nitrogen and oxygen atoms in total. The number of aryl methyl sites for hydroxylation is 2. The summed E-state index contributed by atoms with van der Waals surface area (Å²) in [5, 5.41) is 9.17. The first-order chi connectivity index (χ1) is 24.8. The molecule has 0 fully saturated rings. The van der Waals surface area contributed by atoms with Crippen LogP contribution in [0.4, 0.5) is 22.7 Å². The van der Waals surface area contributed by atoms with E-state index >= 15 is 0 Å². The van der Waals surface area contributed by atoms with Crippen LogP contribution < -0.4 is 11.5 Å². The van der Waals surface area contributed by atoms with Gasteiger partial charge in [-0.15, -0.1) is 0 Å². The maximum atomic E-state index is 12.9. The summed E-state index contributed by atoms with van der Waals surface area (Å²) in [6.07, 6.45) is 1.02. The van der Waals surface area contributed by atoms with Crippen molar-refractivity contribution in [1.82, 2.24) is 0 Å². The molecule has 0 amide bonds. The summed E-state index contributed by atoms with van der Waals surface area (Å²) in [6, 6.07) is 24.4. The molecule has 0 aliphatic rings. The lowest BCUT2D eigenvalue weighted by molar-refractivity contribution is 0.481. The minimum Gasteiger partial charge on any atom is -0.396 e. The van der Waals surface area contributed by atoms with Gasteiger partial charge in [0.15, 0.2) is 0 Å². The maximum absolute atomic E-state index is 12.9. The van der Waals surface area contributed by atoms with Gasteiger partial charge in [0.25, 0.3) is 20.2 Å². The molecule has 0 heterocycles. The summed E-state index contributed by atoms with van der Waals surface area (Å²) in [7, 11) is -9.84. The molecular weight excluding hydrogens is 677 g/mol. The molecule has 6 rings (SSSR count). The molecule has 0 spiro atoms. The maximum Gasteiger partial charge on any atom is 0.297 e. The van der Waals surface area contributed by atoms with Crippen LogP contribution in [0.2, 0.25) is 2.82 Å². The predicted molar refractivity (Wildman–Crippen MR) is 195 cm³/mol. The first kappa shape index (κ1) is 31.7.